The highest BCUT2D eigenvalue weighted by Crippen LogP contribution is 2.34. The fourth-order valence-corrected chi connectivity index (χ4v) is 2.25. The molecule has 1 N–H and O–H groups in total. The Balaban J connectivity index is 2.29. The van der Waals surface area contributed by atoms with Crippen LogP contribution >= 0.6 is 15.9 Å². The lowest BCUT2D eigenvalue weighted by Gasteiger charge is -2.14. The highest BCUT2D eigenvalue weighted by molar-refractivity contribution is 9.10. The summed E-state index contributed by atoms with van der Waals surface area (Å²) in [5, 5.41) is 2.15. The van der Waals surface area contributed by atoms with Crippen LogP contribution in [0.25, 0.3) is 0 Å². The largest absolute Gasteiger partial charge is 0.417 e. The molecule has 0 aliphatic rings. The van der Waals surface area contributed by atoms with E-state index >= 15 is 0 Å². The molecule has 0 radical (unpaired) electrons. The second kappa shape index (κ2) is 6.46. The van der Waals surface area contributed by atoms with Crippen LogP contribution in [0.2, 0.25) is 0 Å². The van der Waals surface area contributed by atoms with Crippen molar-refractivity contribution in [3.63, 3.8) is 0 Å². The minimum absolute atomic E-state index is 0.0545. The Hall–Kier alpha value is -2.03. The third-order valence-corrected chi connectivity index (χ3v) is 3.49. The summed E-state index contributed by atoms with van der Waals surface area (Å²) in [4.78, 5) is 12.1. The van der Waals surface area contributed by atoms with Crippen molar-refractivity contribution in [3.05, 3.63) is 63.6 Å². The highest BCUT2D eigenvalue weighted by Gasteiger charge is 2.35. The van der Waals surface area contributed by atoms with Gasteiger partial charge in [-0.3, -0.25) is 4.79 Å². The number of rotatable bonds is 2. The molecule has 0 aromatic heterocycles. The van der Waals surface area contributed by atoms with Crippen molar-refractivity contribution in [3.8, 4) is 0 Å². The zero-order valence-corrected chi connectivity index (χ0v) is 13.2. The van der Waals surface area contributed by atoms with Gasteiger partial charge in [-0.2, -0.15) is 26.3 Å². The molecule has 0 unspecified atom stereocenters. The summed E-state index contributed by atoms with van der Waals surface area (Å²) in [5.74, 6) is -1.08. The normalized spacial score (nSPS) is 12.1. The predicted molar refractivity (Wildman–Crippen MR) is 78.5 cm³/mol. The summed E-state index contributed by atoms with van der Waals surface area (Å²) in [6.45, 7) is 0. The van der Waals surface area contributed by atoms with Gasteiger partial charge < -0.3 is 5.32 Å². The van der Waals surface area contributed by atoms with Crippen molar-refractivity contribution in [2.24, 2.45) is 0 Å². The van der Waals surface area contributed by atoms with E-state index in [2.05, 4.69) is 21.2 Å². The van der Waals surface area contributed by atoms with Crippen LogP contribution in [0.3, 0.4) is 0 Å². The molecular weight excluding hydrogens is 404 g/mol. The summed E-state index contributed by atoms with van der Waals surface area (Å²) >= 11 is 2.98. The van der Waals surface area contributed by atoms with E-state index in [0.29, 0.717) is 0 Å². The SMILES string of the molecule is O=C(Nc1ccc(C(F)(F)F)cc1)c1cc(Br)ccc1C(F)(F)F. The molecule has 0 spiro atoms. The van der Waals surface area contributed by atoms with Gasteiger partial charge in [0.2, 0.25) is 0 Å². The quantitative estimate of drug-likeness (QED) is 0.627. The first-order valence-electron chi connectivity index (χ1n) is 6.34. The summed E-state index contributed by atoms with van der Waals surface area (Å²) in [6.07, 6.45) is -9.29. The van der Waals surface area contributed by atoms with Crippen molar-refractivity contribution in [2.75, 3.05) is 5.32 Å². The topological polar surface area (TPSA) is 29.1 Å². The molecule has 24 heavy (non-hydrogen) atoms. The highest BCUT2D eigenvalue weighted by atomic mass is 79.9. The van der Waals surface area contributed by atoms with E-state index in [4.69, 9.17) is 0 Å². The second-order valence-electron chi connectivity index (χ2n) is 4.72. The van der Waals surface area contributed by atoms with Gasteiger partial charge in [0.05, 0.1) is 16.7 Å². The molecular formula is C15H8BrF6NO. The molecule has 2 aromatic rings. The Kier molecular flexibility index (Phi) is 4.93. The van der Waals surface area contributed by atoms with E-state index in [1.54, 1.807) is 0 Å². The van der Waals surface area contributed by atoms with Gasteiger partial charge in [0.25, 0.3) is 5.91 Å². The molecule has 0 bridgehead atoms. The third kappa shape index (κ3) is 4.28. The number of benzene rings is 2. The first-order valence-corrected chi connectivity index (χ1v) is 7.13. The summed E-state index contributed by atoms with van der Waals surface area (Å²) in [7, 11) is 0. The van der Waals surface area contributed by atoms with Crippen molar-refractivity contribution in [1.82, 2.24) is 0 Å². The summed E-state index contributed by atoms with van der Waals surface area (Å²) < 4.78 is 76.5. The standard InChI is InChI=1S/C15H8BrF6NO/c16-9-3-6-12(15(20,21)22)11(7-9)13(24)23-10-4-1-8(2-5-10)14(17,18)19/h1-7H,(H,23,24). The van der Waals surface area contributed by atoms with Gasteiger partial charge in [0.1, 0.15) is 0 Å². The average molecular weight is 412 g/mol. The molecule has 0 aliphatic carbocycles. The van der Waals surface area contributed by atoms with E-state index < -0.39 is 35.0 Å². The Morgan fingerprint density at radius 3 is 1.96 bits per heavy atom. The van der Waals surface area contributed by atoms with Gasteiger partial charge in [0.15, 0.2) is 0 Å². The second-order valence-corrected chi connectivity index (χ2v) is 5.63. The van der Waals surface area contributed by atoms with Crippen LogP contribution in [0, 0.1) is 0 Å². The van der Waals surface area contributed by atoms with Crippen molar-refractivity contribution in [1.29, 1.82) is 0 Å². The van der Waals surface area contributed by atoms with Crippen LogP contribution in [0.4, 0.5) is 32.0 Å². The molecule has 0 saturated heterocycles. The monoisotopic (exact) mass is 411 g/mol. The van der Waals surface area contributed by atoms with Gasteiger partial charge in [-0.25, -0.2) is 0 Å². The molecule has 0 aliphatic heterocycles. The third-order valence-electron chi connectivity index (χ3n) is 3.00. The van der Waals surface area contributed by atoms with Gasteiger partial charge in [-0.05, 0) is 42.5 Å². The summed E-state index contributed by atoms with van der Waals surface area (Å²) in [5.41, 5.74) is -2.77. The average Bonchev–Trinajstić information content (AvgIpc) is 2.45. The Bertz CT molecular complexity index is 752. The van der Waals surface area contributed by atoms with Crippen LogP contribution in [0.1, 0.15) is 21.5 Å². The van der Waals surface area contributed by atoms with Gasteiger partial charge in [0, 0.05) is 10.2 Å². The number of alkyl halides is 6. The van der Waals surface area contributed by atoms with Crippen molar-refractivity contribution >= 4 is 27.5 Å². The van der Waals surface area contributed by atoms with Crippen LogP contribution in [0.5, 0.6) is 0 Å². The molecule has 0 saturated carbocycles. The predicted octanol–water partition coefficient (Wildman–Crippen LogP) is 5.74. The number of hydrogen-bond acceptors (Lipinski definition) is 1. The summed E-state index contributed by atoms with van der Waals surface area (Å²) in [6, 6.07) is 6.24. The number of halogens is 7. The number of nitrogens with one attached hydrogen (secondary N) is 1. The van der Waals surface area contributed by atoms with Crippen LogP contribution in [0.15, 0.2) is 46.9 Å². The molecule has 1 amide bonds. The first-order chi connectivity index (χ1) is 11.0. The van der Waals surface area contributed by atoms with Crippen molar-refractivity contribution < 1.29 is 31.1 Å². The van der Waals surface area contributed by atoms with Gasteiger partial charge in [-0.15, -0.1) is 0 Å². The molecule has 128 valence electrons. The molecule has 0 heterocycles. The smallest absolute Gasteiger partial charge is 0.322 e. The lowest BCUT2D eigenvalue weighted by molar-refractivity contribution is -0.138. The number of carbonyl (C=O) groups is 1. The van der Waals surface area contributed by atoms with Crippen molar-refractivity contribution in [2.45, 2.75) is 12.4 Å². The van der Waals surface area contributed by atoms with Gasteiger partial charge in [-0.1, -0.05) is 15.9 Å². The Morgan fingerprint density at radius 2 is 1.46 bits per heavy atom. The fourth-order valence-electron chi connectivity index (χ4n) is 1.89. The Labute approximate surface area is 140 Å². The molecule has 9 heteroatoms. The maximum atomic E-state index is 12.9. The van der Waals surface area contributed by atoms with Crippen LogP contribution in [-0.4, -0.2) is 5.91 Å². The molecule has 2 rings (SSSR count). The van der Waals surface area contributed by atoms with E-state index in [1.807, 2.05) is 0 Å². The van der Waals surface area contributed by atoms with E-state index in [0.717, 1.165) is 42.5 Å². The minimum atomic E-state index is -4.74. The van der Waals surface area contributed by atoms with E-state index in [1.165, 1.54) is 0 Å². The molecule has 0 fully saturated rings. The molecule has 2 nitrogen and oxygen atoms in total. The lowest BCUT2D eigenvalue weighted by atomic mass is 10.1. The van der Waals surface area contributed by atoms with E-state index in [-0.39, 0.29) is 10.2 Å². The minimum Gasteiger partial charge on any atom is -0.322 e. The Morgan fingerprint density at radius 1 is 0.875 bits per heavy atom. The lowest BCUT2D eigenvalue weighted by Crippen LogP contribution is -2.19. The zero-order valence-electron chi connectivity index (χ0n) is 11.6. The number of hydrogen-bond donors (Lipinski definition) is 1. The maximum Gasteiger partial charge on any atom is 0.417 e. The maximum absolute atomic E-state index is 12.9. The van der Waals surface area contributed by atoms with Gasteiger partial charge >= 0.3 is 12.4 Å². The molecule has 0 atom stereocenters. The number of anilines is 1. The van der Waals surface area contributed by atoms with E-state index in [9.17, 15) is 31.1 Å². The zero-order chi connectivity index (χ0) is 18.1. The fraction of sp³-hybridized carbons (Fsp3) is 0.133. The molecule has 2 aromatic carbocycles. The van der Waals surface area contributed by atoms with Crippen LogP contribution < -0.4 is 5.32 Å². The number of carbonyl (C=O) groups excluding carboxylic acids is 1. The van der Waals surface area contributed by atoms with Crippen LogP contribution in [-0.2, 0) is 12.4 Å². The first kappa shape index (κ1) is 18.3. The number of amides is 1.